The minimum atomic E-state index is -0.539. The first kappa shape index (κ1) is 18.7. The molecule has 5 heteroatoms. The molecular formula is C19H31N3O2. The van der Waals surface area contributed by atoms with E-state index in [0.717, 1.165) is 25.1 Å². The fourth-order valence-corrected chi connectivity index (χ4v) is 3.27. The molecule has 0 aliphatic carbocycles. The zero-order valence-corrected chi connectivity index (χ0v) is 14.9. The standard InChI is InChI=1S/C19H31N3O2/c1-15(2)14-22-12-6-9-17(22)13-21-19(24)20-11-10-18(23)16-7-4-3-5-8-16/h3-5,7-8,15,17-18,23H,6,9-14H2,1-2H3,(H2,20,21,24)/t17-,18?/m0/s1. The Hall–Kier alpha value is -1.59. The molecule has 1 aromatic rings. The smallest absolute Gasteiger partial charge is 0.314 e. The van der Waals surface area contributed by atoms with Crippen LogP contribution in [0.2, 0.25) is 0 Å². The number of urea groups is 1. The summed E-state index contributed by atoms with van der Waals surface area (Å²) in [4.78, 5) is 14.4. The van der Waals surface area contributed by atoms with Crippen LogP contribution in [0.5, 0.6) is 0 Å². The average molecular weight is 333 g/mol. The first-order valence-electron chi connectivity index (χ1n) is 9.05. The molecule has 0 radical (unpaired) electrons. The highest BCUT2D eigenvalue weighted by atomic mass is 16.3. The third-order valence-corrected chi connectivity index (χ3v) is 4.48. The molecule has 2 rings (SSSR count). The molecule has 2 atom stereocenters. The molecule has 1 aromatic carbocycles. The van der Waals surface area contributed by atoms with Crippen LogP contribution in [0.25, 0.3) is 0 Å². The van der Waals surface area contributed by atoms with Crippen molar-refractivity contribution < 1.29 is 9.90 Å². The lowest BCUT2D eigenvalue weighted by atomic mass is 10.1. The quantitative estimate of drug-likeness (QED) is 0.685. The number of hydrogen-bond acceptors (Lipinski definition) is 3. The van der Waals surface area contributed by atoms with Gasteiger partial charge in [0.2, 0.25) is 0 Å². The van der Waals surface area contributed by atoms with E-state index in [-0.39, 0.29) is 6.03 Å². The minimum absolute atomic E-state index is 0.147. The van der Waals surface area contributed by atoms with Crippen molar-refractivity contribution in [2.45, 2.75) is 45.3 Å². The summed E-state index contributed by atoms with van der Waals surface area (Å²) in [5.74, 6) is 0.652. The molecule has 5 nitrogen and oxygen atoms in total. The Morgan fingerprint density at radius 3 is 2.75 bits per heavy atom. The number of carbonyl (C=O) groups excluding carboxylic acids is 1. The molecule has 2 amide bonds. The van der Waals surface area contributed by atoms with E-state index >= 15 is 0 Å². The fourth-order valence-electron chi connectivity index (χ4n) is 3.27. The Kier molecular flexibility index (Phi) is 7.53. The molecule has 0 bridgehead atoms. The molecule has 1 fully saturated rings. The molecule has 0 spiro atoms. The number of nitrogens with zero attached hydrogens (tertiary/aromatic N) is 1. The van der Waals surface area contributed by atoms with E-state index in [4.69, 9.17) is 0 Å². The Labute approximate surface area is 145 Å². The summed E-state index contributed by atoms with van der Waals surface area (Å²) in [6.45, 7) is 7.84. The Balaban J connectivity index is 1.63. The Morgan fingerprint density at radius 2 is 2.04 bits per heavy atom. The fraction of sp³-hybridized carbons (Fsp3) is 0.632. The Morgan fingerprint density at radius 1 is 1.29 bits per heavy atom. The van der Waals surface area contributed by atoms with Crippen LogP contribution < -0.4 is 10.6 Å². The van der Waals surface area contributed by atoms with Gasteiger partial charge in [0.05, 0.1) is 6.10 Å². The minimum Gasteiger partial charge on any atom is -0.388 e. The van der Waals surface area contributed by atoms with Gasteiger partial charge in [0, 0.05) is 25.7 Å². The maximum atomic E-state index is 11.9. The van der Waals surface area contributed by atoms with Gasteiger partial charge >= 0.3 is 6.03 Å². The molecule has 3 N–H and O–H groups in total. The van der Waals surface area contributed by atoms with Gasteiger partial charge in [0.1, 0.15) is 0 Å². The van der Waals surface area contributed by atoms with Gasteiger partial charge in [0.25, 0.3) is 0 Å². The number of hydrogen-bond donors (Lipinski definition) is 3. The van der Waals surface area contributed by atoms with Crippen LogP contribution in [0, 0.1) is 5.92 Å². The number of amides is 2. The second kappa shape index (κ2) is 9.64. The second-order valence-electron chi connectivity index (χ2n) is 7.04. The van der Waals surface area contributed by atoms with Crippen LogP contribution >= 0.6 is 0 Å². The molecule has 0 aromatic heterocycles. The van der Waals surface area contributed by atoms with Gasteiger partial charge in [-0.05, 0) is 37.3 Å². The van der Waals surface area contributed by atoms with Crippen molar-refractivity contribution in [3.63, 3.8) is 0 Å². The van der Waals surface area contributed by atoms with Crippen molar-refractivity contribution in [3.05, 3.63) is 35.9 Å². The van der Waals surface area contributed by atoms with Crippen molar-refractivity contribution in [1.82, 2.24) is 15.5 Å². The van der Waals surface area contributed by atoms with Crippen LogP contribution in [0.4, 0.5) is 4.79 Å². The summed E-state index contributed by atoms with van der Waals surface area (Å²) in [5.41, 5.74) is 0.884. The van der Waals surface area contributed by atoms with E-state index < -0.39 is 6.10 Å². The lowest BCUT2D eigenvalue weighted by molar-refractivity contribution is 0.166. The summed E-state index contributed by atoms with van der Waals surface area (Å²) in [7, 11) is 0. The second-order valence-corrected chi connectivity index (χ2v) is 7.04. The predicted octanol–water partition coefficient (Wildman–Crippen LogP) is 2.53. The van der Waals surface area contributed by atoms with Gasteiger partial charge in [-0.2, -0.15) is 0 Å². The molecule has 1 heterocycles. The van der Waals surface area contributed by atoms with Crippen molar-refractivity contribution in [2.24, 2.45) is 5.92 Å². The van der Waals surface area contributed by atoms with Crippen LogP contribution in [-0.4, -0.2) is 48.3 Å². The first-order valence-corrected chi connectivity index (χ1v) is 9.05. The highest BCUT2D eigenvalue weighted by Crippen LogP contribution is 2.18. The number of benzene rings is 1. The normalized spacial score (nSPS) is 19.4. The maximum Gasteiger partial charge on any atom is 0.314 e. The van der Waals surface area contributed by atoms with Crippen molar-refractivity contribution in [3.8, 4) is 0 Å². The van der Waals surface area contributed by atoms with Crippen molar-refractivity contribution in [1.29, 1.82) is 0 Å². The SMILES string of the molecule is CC(C)CN1CCC[C@H]1CNC(=O)NCCC(O)c1ccccc1. The van der Waals surface area contributed by atoms with Gasteiger partial charge in [0.15, 0.2) is 0 Å². The van der Waals surface area contributed by atoms with Crippen LogP contribution in [0.1, 0.15) is 44.8 Å². The molecular weight excluding hydrogens is 302 g/mol. The first-order chi connectivity index (χ1) is 11.6. The predicted molar refractivity (Wildman–Crippen MR) is 96.9 cm³/mol. The number of nitrogens with one attached hydrogen (secondary N) is 2. The molecule has 0 saturated carbocycles. The lowest BCUT2D eigenvalue weighted by Gasteiger charge is -2.26. The van der Waals surface area contributed by atoms with E-state index in [1.807, 2.05) is 30.3 Å². The maximum absolute atomic E-state index is 11.9. The molecule has 1 unspecified atom stereocenters. The molecule has 1 aliphatic rings. The largest absolute Gasteiger partial charge is 0.388 e. The van der Waals surface area contributed by atoms with Crippen molar-refractivity contribution >= 4 is 6.03 Å². The summed E-state index contributed by atoms with van der Waals surface area (Å²) in [6.07, 6.45) is 2.34. The third-order valence-electron chi connectivity index (χ3n) is 4.48. The van der Waals surface area contributed by atoms with E-state index in [9.17, 15) is 9.90 Å². The number of carbonyl (C=O) groups is 1. The van der Waals surface area contributed by atoms with Gasteiger partial charge in [-0.15, -0.1) is 0 Å². The van der Waals surface area contributed by atoms with Gasteiger partial charge in [-0.3, -0.25) is 4.90 Å². The summed E-state index contributed by atoms with van der Waals surface area (Å²) in [5, 5.41) is 15.9. The molecule has 24 heavy (non-hydrogen) atoms. The van der Waals surface area contributed by atoms with E-state index in [1.54, 1.807) is 0 Å². The van der Waals surface area contributed by atoms with Crippen LogP contribution in [0.15, 0.2) is 30.3 Å². The third kappa shape index (κ3) is 6.13. The molecule has 1 saturated heterocycles. The topological polar surface area (TPSA) is 64.6 Å². The number of aliphatic hydroxyl groups is 1. The number of aliphatic hydroxyl groups excluding tert-OH is 1. The van der Waals surface area contributed by atoms with E-state index in [1.165, 1.54) is 6.42 Å². The van der Waals surface area contributed by atoms with Crippen LogP contribution in [-0.2, 0) is 0 Å². The zero-order valence-electron chi connectivity index (χ0n) is 14.9. The average Bonchev–Trinajstić information content (AvgIpc) is 3.00. The summed E-state index contributed by atoms with van der Waals surface area (Å²) >= 11 is 0. The van der Waals surface area contributed by atoms with Gasteiger partial charge < -0.3 is 15.7 Å². The monoisotopic (exact) mass is 333 g/mol. The molecule has 1 aliphatic heterocycles. The van der Waals surface area contributed by atoms with Gasteiger partial charge in [-0.1, -0.05) is 44.2 Å². The highest BCUT2D eigenvalue weighted by Gasteiger charge is 2.25. The number of rotatable bonds is 8. The van der Waals surface area contributed by atoms with Crippen LogP contribution in [0.3, 0.4) is 0 Å². The van der Waals surface area contributed by atoms with E-state index in [0.29, 0.717) is 31.5 Å². The molecule has 134 valence electrons. The summed E-state index contributed by atoms with van der Waals surface area (Å²) in [6, 6.07) is 9.84. The lowest BCUT2D eigenvalue weighted by Crippen LogP contribution is -2.45. The summed E-state index contributed by atoms with van der Waals surface area (Å²) < 4.78 is 0. The van der Waals surface area contributed by atoms with Gasteiger partial charge in [-0.25, -0.2) is 4.79 Å². The zero-order chi connectivity index (χ0) is 17.4. The Bertz CT molecular complexity index is 493. The number of likely N-dealkylation sites (tertiary alicyclic amines) is 1. The van der Waals surface area contributed by atoms with E-state index in [2.05, 4.69) is 29.4 Å². The highest BCUT2D eigenvalue weighted by molar-refractivity contribution is 5.73. The van der Waals surface area contributed by atoms with Crippen molar-refractivity contribution in [2.75, 3.05) is 26.2 Å².